The summed E-state index contributed by atoms with van der Waals surface area (Å²) in [6, 6.07) is 1.96. The van der Waals surface area contributed by atoms with Gasteiger partial charge in [0, 0.05) is 23.5 Å². The minimum atomic E-state index is -1.39. The van der Waals surface area contributed by atoms with Crippen LogP contribution in [0.5, 0.6) is 0 Å². The second-order valence-corrected chi connectivity index (χ2v) is 13.1. The number of aliphatic hydroxyl groups is 1. The number of carbonyl (C=O) groups is 5. The maximum Gasteiger partial charge on any atom is 0.245 e. The van der Waals surface area contributed by atoms with Gasteiger partial charge in [0.2, 0.25) is 35.8 Å². The summed E-state index contributed by atoms with van der Waals surface area (Å²) < 4.78 is 0. The molecule has 1 aromatic carbocycles. The molecule has 0 fully saturated rings. The van der Waals surface area contributed by atoms with Gasteiger partial charge in [0.1, 0.15) is 18.1 Å². The standard InChI is InChI=1S/C34H52N7O7/c1-8-20(6)27(17-42)38-28(44)16-37-32(46)26(14-22-15-36-25-12-10-9-11-23(22)25)39-33(47)29(19(4)5)40-34(48)30(21(7)43)41-31(45)24(35)13-18(2)3/h9-12,15,18-21,24,26-27,29-30,36,43H,8,13-14,16,35H2,1-7H3,(H,37,46)(H,38,44)(H,39,47)(H,40,48)(H,41,45)/t20-,21+,24-,26-,27+,29-,30-/m0/s1. The molecule has 0 spiro atoms. The number of hydrogen-bond acceptors (Lipinski definition) is 8. The Hall–Kier alpha value is -4.30. The molecule has 14 nitrogen and oxygen atoms in total. The van der Waals surface area contributed by atoms with Gasteiger partial charge in [-0.05, 0) is 42.7 Å². The molecule has 1 radical (unpaired) electrons. The molecule has 2 rings (SSSR count). The van der Waals surface area contributed by atoms with Crippen LogP contribution in [0.3, 0.4) is 0 Å². The summed E-state index contributed by atoms with van der Waals surface area (Å²) in [5, 5.41) is 24.0. The molecule has 0 aliphatic carbocycles. The van der Waals surface area contributed by atoms with Crippen LogP contribution in [0.2, 0.25) is 0 Å². The number of hydrogen-bond donors (Lipinski definition) is 8. The van der Waals surface area contributed by atoms with Gasteiger partial charge in [-0.3, -0.25) is 28.8 Å². The average molecular weight is 671 g/mol. The minimum Gasteiger partial charge on any atom is -0.391 e. The average Bonchev–Trinajstić information content (AvgIpc) is 3.44. The van der Waals surface area contributed by atoms with Crippen LogP contribution in [-0.4, -0.2) is 88.8 Å². The molecule has 0 aliphatic rings. The zero-order valence-electron chi connectivity index (χ0n) is 28.9. The van der Waals surface area contributed by atoms with Crippen LogP contribution >= 0.6 is 0 Å². The number of carbonyl (C=O) groups excluding carboxylic acids is 6. The van der Waals surface area contributed by atoms with E-state index in [-0.39, 0.29) is 18.3 Å². The highest BCUT2D eigenvalue weighted by Crippen LogP contribution is 2.19. The van der Waals surface area contributed by atoms with Crippen LogP contribution in [0.4, 0.5) is 0 Å². The summed E-state index contributed by atoms with van der Waals surface area (Å²) in [5.41, 5.74) is 7.51. The van der Waals surface area contributed by atoms with Crippen molar-refractivity contribution in [3.8, 4) is 0 Å². The van der Waals surface area contributed by atoms with E-state index in [1.54, 1.807) is 27.0 Å². The Labute approximate surface area is 282 Å². The number of nitrogens with one attached hydrogen (secondary N) is 6. The van der Waals surface area contributed by atoms with Crippen molar-refractivity contribution in [1.29, 1.82) is 0 Å². The third kappa shape index (κ3) is 11.7. The van der Waals surface area contributed by atoms with Gasteiger partial charge >= 0.3 is 0 Å². The van der Waals surface area contributed by atoms with Gasteiger partial charge in [0.05, 0.1) is 24.7 Å². The van der Waals surface area contributed by atoms with Crippen molar-refractivity contribution >= 4 is 46.7 Å². The zero-order chi connectivity index (χ0) is 36.1. The van der Waals surface area contributed by atoms with E-state index in [4.69, 9.17) is 5.73 Å². The molecule has 5 amide bonds. The summed E-state index contributed by atoms with van der Waals surface area (Å²) >= 11 is 0. The molecule has 0 unspecified atom stereocenters. The highest BCUT2D eigenvalue weighted by atomic mass is 16.3. The number of benzene rings is 1. The van der Waals surface area contributed by atoms with Gasteiger partial charge in [-0.1, -0.05) is 66.2 Å². The lowest BCUT2D eigenvalue weighted by atomic mass is 9.99. The van der Waals surface area contributed by atoms with E-state index in [2.05, 4.69) is 31.6 Å². The Bertz CT molecular complexity index is 1410. The van der Waals surface area contributed by atoms with Crippen molar-refractivity contribution in [3.63, 3.8) is 0 Å². The third-order valence-electron chi connectivity index (χ3n) is 8.18. The topological polar surface area (TPSA) is 225 Å². The second-order valence-electron chi connectivity index (χ2n) is 13.1. The van der Waals surface area contributed by atoms with Gasteiger partial charge in [-0.2, -0.15) is 0 Å². The van der Waals surface area contributed by atoms with E-state index in [0.717, 1.165) is 16.5 Å². The number of H-pyrrole nitrogens is 1. The number of nitrogens with two attached hydrogens (primary N) is 1. The number of aliphatic hydroxyl groups excluding tert-OH is 1. The highest BCUT2D eigenvalue weighted by Gasteiger charge is 2.34. The first-order valence-electron chi connectivity index (χ1n) is 16.4. The van der Waals surface area contributed by atoms with E-state index in [1.807, 2.05) is 51.3 Å². The molecule has 0 aliphatic heterocycles. The van der Waals surface area contributed by atoms with Gasteiger partial charge in [0.25, 0.3) is 0 Å². The highest BCUT2D eigenvalue weighted by molar-refractivity contribution is 5.96. The quantitative estimate of drug-likeness (QED) is 0.104. The zero-order valence-corrected chi connectivity index (χ0v) is 28.9. The van der Waals surface area contributed by atoms with Gasteiger partial charge < -0.3 is 42.4 Å². The predicted molar refractivity (Wildman–Crippen MR) is 182 cm³/mol. The SMILES string of the molecule is CC[C@H](C)[C@@H]([C]=O)NC(=O)CNC(=O)[C@H](Cc1c[nH]c2ccccc12)NC(=O)[C@@H](NC(=O)[C@@H](NC(=O)[C@@H](N)CC(C)C)[C@@H](C)O)C(C)C. The van der Waals surface area contributed by atoms with Crippen LogP contribution < -0.4 is 32.3 Å². The molecular weight excluding hydrogens is 618 g/mol. The number of aromatic nitrogens is 1. The molecule has 265 valence electrons. The normalized spacial score (nSPS) is 15.8. The van der Waals surface area contributed by atoms with Crippen molar-refractivity contribution in [1.82, 2.24) is 31.6 Å². The molecule has 7 atom stereocenters. The van der Waals surface area contributed by atoms with Crippen molar-refractivity contribution in [2.24, 2.45) is 23.5 Å². The third-order valence-corrected chi connectivity index (χ3v) is 8.18. The Kier molecular flexibility index (Phi) is 15.7. The monoisotopic (exact) mass is 670 g/mol. The smallest absolute Gasteiger partial charge is 0.245 e. The first-order valence-corrected chi connectivity index (χ1v) is 16.4. The van der Waals surface area contributed by atoms with Crippen LogP contribution in [0.25, 0.3) is 10.9 Å². The van der Waals surface area contributed by atoms with E-state index >= 15 is 0 Å². The summed E-state index contributed by atoms with van der Waals surface area (Å²) in [6.45, 7) is 11.7. The molecule has 9 N–H and O–H groups in total. The Balaban J connectivity index is 2.26. The Morgan fingerprint density at radius 2 is 1.50 bits per heavy atom. The maximum atomic E-state index is 13.7. The Morgan fingerprint density at radius 1 is 0.875 bits per heavy atom. The fraction of sp³-hybridized carbons (Fsp3) is 0.588. The molecule has 1 aromatic heterocycles. The first kappa shape index (κ1) is 39.9. The van der Waals surface area contributed by atoms with Crippen molar-refractivity contribution in [3.05, 3.63) is 36.0 Å². The van der Waals surface area contributed by atoms with Crippen molar-refractivity contribution in [2.75, 3.05) is 6.54 Å². The molecule has 1 heterocycles. The predicted octanol–water partition coefficient (Wildman–Crippen LogP) is 0.332. The first-order chi connectivity index (χ1) is 22.6. The van der Waals surface area contributed by atoms with E-state index in [9.17, 15) is 33.9 Å². The number of para-hydroxylation sites is 1. The Morgan fingerprint density at radius 3 is 2.08 bits per heavy atom. The maximum absolute atomic E-state index is 13.7. The lowest BCUT2D eigenvalue weighted by molar-refractivity contribution is -0.136. The summed E-state index contributed by atoms with van der Waals surface area (Å²) in [5.74, 6) is -3.87. The molecule has 2 aromatic rings. The van der Waals surface area contributed by atoms with Gasteiger partial charge in [-0.25, -0.2) is 0 Å². The number of fused-ring (bicyclic) bond motifs is 1. The molecule has 14 heteroatoms. The van der Waals surface area contributed by atoms with Gasteiger partial charge in [-0.15, -0.1) is 0 Å². The molecular formula is C34H52N7O7. The largest absolute Gasteiger partial charge is 0.391 e. The van der Waals surface area contributed by atoms with Crippen molar-refractivity contribution in [2.45, 2.75) is 104 Å². The summed E-state index contributed by atoms with van der Waals surface area (Å²) in [7, 11) is 0. The molecule has 0 saturated carbocycles. The fourth-order valence-corrected chi connectivity index (χ4v) is 5.09. The van der Waals surface area contributed by atoms with E-state index < -0.39 is 78.3 Å². The lowest BCUT2D eigenvalue weighted by Gasteiger charge is -2.28. The van der Waals surface area contributed by atoms with Crippen LogP contribution in [0, 0.1) is 17.8 Å². The molecule has 48 heavy (non-hydrogen) atoms. The van der Waals surface area contributed by atoms with E-state index in [1.165, 1.54) is 6.92 Å². The number of rotatable bonds is 19. The van der Waals surface area contributed by atoms with Crippen LogP contribution in [0.1, 0.15) is 66.9 Å². The number of aromatic amines is 1. The fourth-order valence-electron chi connectivity index (χ4n) is 5.09. The minimum absolute atomic E-state index is 0.0413. The van der Waals surface area contributed by atoms with E-state index in [0.29, 0.717) is 12.8 Å². The number of amides is 5. The van der Waals surface area contributed by atoms with Crippen LogP contribution in [0.15, 0.2) is 30.5 Å². The molecule has 0 saturated heterocycles. The van der Waals surface area contributed by atoms with Crippen molar-refractivity contribution < 1.29 is 33.9 Å². The summed E-state index contributed by atoms with van der Waals surface area (Å²) in [4.78, 5) is 80.2. The van der Waals surface area contributed by atoms with Gasteiger partial charge in [0.15, 0.2) is 0 Å². The van der Waals surface area contributed by atoms with Crippen LogP contribution in [-0.2, 0) is 35.2 Å². The lowest BCUT2D eigenvalue weighted by Crippen LogP contribution is -2.61. The molecule has 0 bridgehead atoms. The summed E-state index contributed by atoms with van der Waals surface area (Å²) in [6.07, 6.45) is 3.27. The second kappa shape index (κ2) is 18.9.